The number of carbonyl (C=O) groups is 1. The van der Waals surface area contributed by atoms with Crippen LogP contribution in [0, 0.1) is 5.92 Å². The lowest BCUT2D eigenvalue weighted by Gasteiger charge is -2.32. The van der Waals surface area contributed by atoms with Crippen molar-refractivity contribution in [3.05, 3.63) is 42.1 Å². The van der Waals surface area contributed by atoms with Gasteiger partial charge in [-0.15, -0.1) is 0 Å². The van der Waals surface area contributed by atoms with E-state index in [0.29, 0.717) is 17.2 Å². The molecule has 0 saturated carbocycles. The van der Waals surface area contributed by atoms with Gasteiger partial charge in [-0.2, -0.15) is 0 Å². The number of pyridine rings is 1. The zero-order chi connectivity index (χ0) is 24.5. The molecule has 4 heterocycles. The Bertz CT molecular complexity index is 1360. The van der Waals surface area contributed by atoms with Crippen molar-refractivity contribution in [1.29, 1.82) is 0 Å². The van der Waals surface area contributed by atoms with E-state index in [9.17, 15) is 4.79 Å². The molecule has 1 amide bonds. The van der Waals surface area contributed by atoms with Crippen LogP contribution < -0.4 is 10.1 Å². The number of fused-ring (bicyclic) bond motifs is 2. The lowest BCUT2D eigenvalue weighted by Crippen LogP contribution is -2.39. The van der Waals surface area contributed by atoms with Crippen LogP contribution in [0.1, 0.15) is 36.5 Å². The zero-order valence-electron chi connectivity index (χ0n) is 21.0. The molecule has 1 N–H and O–H groups in total. The van der Waals surface area contributed by atoms with Crippen molar-refractivity contribution in [3.63, 3.8) is 0 Å². The van der Waals surface area contributed by atoms with Gasteiger partial charge in [0.25, 0.3) is 5.91 Å². The number of benzene rings is 1. The Kier molecular flexibility index (Phi) is 6.47. The molecule has 0 aliphatic carbocycles. The number of amides is 1. The van der Waals surface area contributed by atoms with Crippen molar-refractivity contribution >= 4 is 28.0 Å². The molecule has 5 rings (SSSR count). The summed E-state index contributed by atoms with van der Waals surface area (Å²) in [5.74, 6) is 2.22. The van der Waals surface area contributed by atoms with E-state index in [4.69, 9.17) is 9.72 Å². The molecular formula is C27H34N6O2. The van der Waals surface area contributed by atoms with Gasteiger partial charge in [-0.3, -0.25) is 4.79 Å². The third-order valence-electron chi connectivity index (χ3n) is 7.31. The van der Waals surface area contributed by atoms with E-state index in [1.54, 1.807) is 7.11 Å². The van der Waals surface area contributed by atoms with Gasteiger partial charge in [-0.25, -0.2) is 9.97 Å². The summed E-state index contributed by atoms with van der Waals surface area (Å²) < 4.78 is 9.98. The highest BCUT2D eigenvalue weighted by Crippen LogP contribution is 2.34. The largest absolute Gasteiger partial charge is 0.494 e. The van der Waals surface area contributed by atoms with E-state index < -0.39 is 0 Å². The van der Waals surface area contributed by atoms with Gasteiger partial charge in [-0.1, -0.05) is 0 Å². The minimum absolute atomic E-state index is 0.0522. The van der Waals surface area contributed by atoms with Crippen molar-refractivity contribution in [2.24, 2.45) is 13.0 Å². The number of hydrogen-bond acceptors (Lipinski definition) is 5. The topological polar surface area (TPSA) is 77.2 Å². The van der Waals surface area contributed by atoms with Gasteiger partial charge >= 0.3 is 0 Å². The van der Waals surface area contributed by atoms with E-state index in [1.807, 2.05) is 43.4 Å². The summed E-state index contributed by atoms with van der Waals surface area (Å²) in [5, 5.41) is 4.31. The first kappa shape index (κ1) is 23.4. The molecular weight excluding hydrogens is 440 g/mol. The smallest absolute Gasteiger partial charge is 0.254 e. The van der Waals surface area contributed by atoms with Crippen LogP contribution in [-0.2, 0) is 13.6 Å². The van der Waals surface area contributed by atoms with Crippen LogP contribution in [0.15, 0.2) is 36.5 Å². The molecule has 1 fully saturated rings. The second-order valence-corrected chi connectivity index (χ2v) is 9.36. The number of aromatic nitrogens is 4. The van der Waals surface area contributed by atoms with Crippen LogP contribution in [-0.4, -0.2) is 63.7 Å². The van der Waals surface area contributed by atoms with Crippen LogP contribution in [0.25, 0.3) is 33.6 Å². The fraction of sp³-hybridized carbons (Fsp3) is 0.444. The molecule has 0 spiro atoms. The molecule has 0 atom stereocenters. The van der Waals surface area contributed by atoms with Gasteiger partial charge in [-0.05, 0) is 76.0 Å². The molecule has 1 saturated heterocycles. The first-order valence-corrected chi connectivity index (χ1v) is 12.5. The predicted molar refractivity (Wildman–Crippen MR) is 139 cm³/mol. The van der Waals surface area contributed by atoms with Crippen molar-refractivity contribution in [2.45, 2.75) is 32.7 Å². The number of aryl methyl sites for hydroxylation is 2. The van der Waals surface area contributed by atoms with E-state index in [-0.39, 0.29) is 5.91 Å². The predicted octanol–water partition coefficient (Wildman–Crippen LogP) is 4.08. The summed E-state index contributed by atoms with van der Waals surface area (Å²) in [6, 6.07) is 9.92. The molecule has 184 valence electrons. The molecule has 0 bridgehead atoms. The minimum Gasteiger partial charge on any atom is -0.494 e. The molecule has 8 nitrogen and oxygen atoms in total. The Hall–Kier alpha value is -3.39. The number of piperidine rings is 1. The summed E-state index contributed by atoms with van der Waals surface area (Å²) in [6.07, 6.45) is 5.09. The summed E-state index contributed by atoms with van der Waals surface area (Å²) in [4.78, 5) is 25.0. The first-order valence-electron chi connectivity index (χ1n) is 12.5. The number of imidazole rings is 1. The normalized spacial score (nSPS) is 14.8. The maximum Gasteiger partial charge on any atom is 0.254 e. The summed E-state index contributed by atoms with van der Waals surface area (Å²) in [6.45, 7) is 5.51. The van der Waals surface area contributed by atoms with E-state index >= 15 is 0 Å². The number of nitrogens with zero attached hydrogens (tertiary/aromatic N) is 5. The lowest BCUT2D eigenvalue weighted by atomic mass is 9.93. The average Bonchev–Trinajstić information content (AvgIpc) is 3.43. The Morgan fingerprint density at radius 2 is 2.03 bits per heavy atom. The fourth-order valence-electron chi connectivity index (χ4n) is 5.37. The second-order valence-electron chi connectivity index (χ2n) is 9.36. The van der Waals surface area contributed by atoms with Crippen molar-refractivity contribution in [3.8, 4) is 17.3 Å². The summed E-state index contributed by atoms with van der Waals surface area (Å²) >= 11 is 0. The van der Waals surface area contributed by atoms with E-state index in [2.05, 4.69) is 38.5 Å². The van der Waals surface area contributed by atoms with Gasteiger partial charge in [0, 0.05) is 43.8 Å². The molecule has 8 heteroatoms. The van der Waals surface area contributed by atoms with Crippen molar-refractivity contribution < 1.29 is 9.53 Å². The second kappa shape index (κ2) is 9.70. The molecule has 35 heavy (non-hydrogen) atoms. The van der Waals surface area contributed by atoms with Gasteiger partial charge < -0.3 is 24.1 Å². The highest BCUT2D eigenvalue weighted by molar-refractivity contribution is 6.00. The molecule has 1 aliphatic rings. The van der Waals surface area contributed by atoms with Crippen LogP contribution in [0.2, 0.25) is 0 Å². The number of hydrogen-bond donors (Lipinski definition) is 1. The monoisotopic (exact) mass is 474 g/mol. The fourth-order valence-corrected chi connectivity index (χ4v) is 5.37. The Labute approximate surface area is 205 Å². The maximum absolute atomic E-state index is 13.4. The summed E-state index contributed by atoms with van der Waals surface area (Å²) in [5.41, 5.74) is 4.21. The molecule has 4 aromatic rings. The van der Waals surface area contributed by atoms with Gasteiger partial charge in [0.2, 0.25) is 0 Å². The number of carbonyl (C=O) groups excluding carboxylic acids is 1. The van der Waals surface area contributed by atoms with Gasteiger partial charge in [0.1, 0.15) is 16.9 Å². The number of rotatable bonds is 7. The molecule has 0 unspecified atom stereocenters. The van der Waals surface area contributed by atoms with Crippen molar-refractivity contribution in [2.75, 3.05) is 33.8 Å². The lowest BCUT2D eigenvalue weighted by molar-refractivity contribution is 0.0687. The highest BCUT2D eigenvalue weighted by Gasteiger charge is 2.26. The SMILES string of the molecule is CCn1c(-c2nc3cc(C(=O)N4CCC(CCNC)CC4)cc(OC)c3n2C)cc2cccnc21. The standard InChI is InChI=1S/C27H34N6O2/c1-5-33-22(16-19-7-6-11-29-25(19)33)26-30-21-15-20(17-23(35-4)24(21)31(26)3)27(34)32-13-9-18(10-14-32)8-12-28-2/h6-7,11,15-18,28H,5,8-10,12-14H2,1-4H3. The molecule has 3 aromatic heterocycles. The van der Waals surface area contributed by atoms with Crippen LogP contribution in [0.4, 0.5) is 0 Å². The maximum atomic E-state index is 13.4. The number of methoxy groups -OCH3 is 1. The molecule has 0 radical (unpaired) electrons. The van der Waals surface area contributed by atoms with Gasteiger partial charge in [0.05, 0.1) is 18.3 Å². The van der Waals surface area contributed by atoms with Crippen molar-refractivity contribution in [1.82, 2.24) is 29.3 Å². The zero-order valence-corrected chi connectivity index (χ0v) is 21.0. The van der Waals surface area contributed by atoms with E-state index in [0.717, 1.165) is 72.6 Å². The Balaban J connectivity index is 1.50. The third kappa shape index (κ3) is 4.16. The molecule has 1 aliphatic heterocycles. The quantitative estimate of drug-likeness (QED) is 0.437. The molecule has 1 aromatic carbocycles. The average molecular weight is 475 g/mol. The van der Waals surface area contributed by atoms with Crippen LogP contribution in [0.3, 0.4) is 0 Å². The van der Waals surface area contributed by atoms with Gasteiger partial charge in [0.15, 0.2) is 5.82 Å². The summed E-state index contributed by atoms with van der Waals surface area (Å²) in [7, 11) is 5.63. The third-order valence-corrected chi connectivity index (χ3v) is 7.31. The van der Waals surface area contributed by atoms with E-state index in [1.165, 1.54) is 6.42 Å². The Morgan fingerprint density at radius 3 is 2.74 bits per heavy atom. The first-order chi connectivity index (χ1) is 17.0. The number of nitrogens with one attached hydrogen (secondary N) is 1. The number of ether oxygens (including phenoxy) is 1. The van der Waals surface area contributed by atoms with Crippen LogP contribution in [0.5, 0.6) is 5.75 Å². The van der Waals surface area contributed by atoms with Crippen LogP contribution >= 0.6 is 0 Å². The minimum atomic E-state index is 0.0522. The Morgan fingerprint density at radius 1 is 1.23 bits per heavy atom. The highest BCUT2D eigenvalue weighted by atomic mass is 16.5. The number of likely N-dealkylation sites (tertiary alicyclic amines) is 1.